The summed E-state index contributed by atoms with van der Waals surface area (Å²) in [6.07, 6.45) is 11.7. The van der Waals surface area contributed by atoms with Gasteiger partial charge in [0, 0.05) is 84.0 Å². The predicted octanol–water partition coefficient (Wildman–Crippen LogP) is 2.81. The Labute approximate surface area is 303 Å². The summed E-state index contributed by atoms with van der Waals surface area (Å²) < 4.78 is 102. The van der Waals surface area contributed by atoms with Gasteiger partial charge in [-0.1, -0.05) is 0 Å². The number of alkyl halides is 6. The van der Waals surface area contributed by atoms with Crippen molar-refractivity contribution in [2.75, 3.05) is 19.0 Å². The van der Waals surface area contributed by atoms with Crippen LogP contribution in [-0.4, -0.2) is 79.5 Å². The van der Waals surface area contributed by atoms with E-state index in [0.717, 1.165) is 10.6 Å². The second kappa shape index (κ2) is 23.6. The molecule has 5 heterocycles. The molecule has 15 nitrogen and oxygen atoms in total. The number of carbonyl (C=O) groups is 1. The van der Waals surface area contributed by atoms with Crippen molar-refractivity contribution in [2.24, 2.45) is 7.05 Å². The van der Waals surface area contributed by atoms with Gasteiger partial charge in [-0.2, -0.15) is 30.9 Å². The molecule has 0 amide bonds. The number of rotatable bonds is 4. The van der Waals surface area contributed by atoms with Crippen LogP contribution in [0.1, 0.15) is 19.5 Å². The summed E-state index contributed by atoms with van der Waals surface area (Å²) in [4.78, 5) is 22.6. The van der Waals surface area contributed by atoms with Crippen molar-refractivity contribution in [1.29, 1.82) is 0 Å². The van der Waals surface area contributed by atoms with Gasteiger partial charge >= 0.3 is 18.8 Å². The van der Waals surface area contributed by atoms with Crippen LogP contribution in [0.3, 0.4) is 0 Å². The number of nitrogens with zero attached hydrogens (tertiary/aromatic N) is 10. The van der Waals surface area contributed by atoms with Gasteiger partial charge in [-0.15, -0.1) is 4.91 Å². The number of Topliss-reactive ketones (excluding diaryl/α,β-unsaturated/α-hetero) is 1. The summed E-state index contributed by atoms with van der Waals surface area (Å²) in [5.41, 5.74) is 0.650. The fourth-order valence-electron chi connectivity index (χ4n) is 3.31. The number of carbonyl (C=O) groups excluding carboxylic acids is 1. The molecule has 24 heteroatoms. The first-order chi connectivity index (χ1) is 23.3. The van der Waals surface area contributed by atoms with Crippen molar-refractivity contribution in [3.8, 4) is 0 Å². The topological polar surface area (TPSA) is 187 Å². The summed E-state index contributed by atoms with van der Waals surface area (Å²) in [5.74, 6) is 0.167. The third kappa shape index (κ3) is 19.3. The molecular weight excluding hydrogens is 797 g/mol. The molecular formula is C27H33BF6MoN10O5S-. The zero-order valence-corrected chi connectivity index (χ0v) is 30.4. The second-order valence-corrected chi connectivity index (χ2v) is 11.0. The van der Waals surface area contributed by atoms with Gasteiger partial charge < -0.3 is 28.0 Å². The minimum atomic E-state index is -6.09. The molecule has 1 radical (unpaired) electrons. The third-order valence-electron chi connectivity index (χ3n) is 5.35. The minimum Gasteiger partial charge on any atom is -0.741 e. The van der Waals surface area contributed by atoms with Crippen molar-refractivity contribution in [3.63, 3.8) is 0 Å². The van der Waals surface area contributed by atoms with Crippen LogP contribution >= 0.6 is 0 Å². The third-order valence-corrected chi connectivity index (χ3v) is 5.92. The molecule has 279 valence electrons. The Morgan fingerprint density at radius 2 is 1.18 bits per heavy atom. The van der Waals surface area contributed by atoms with E-state index in [9.17, 15) is 31.1 Å². The van der Waals surface area contributed by atoms with Crippen LogP contribution in [-0.2, 0) is 49.2 Å². The van der Waals surface area contributed by atoms with Crippen LogP contribution in [0.2, 0.25) is 0 Å². The van der Waals surface area contributed by atoms with Crippen LogP contribution in [0.15, 0.2) is 104 Å². The molecule has 0 saturated heterocycles. The summed E-state index contributed by atoms with van der Waals surface area (Å²) >= 11 is 0. The number of nitroso groups, excluding NO2 is 1. The summed E-state index contributed by atoms with van der Waals surface area (Å²) in [5, 5.41) is 12.8. The number of halogens is 6. The van der Waals surface area contributed by atoms with Gasteiger partial charge in [-0.25, -0.2) is 23.7 Å². The van der Waals surface area contributed by atoms with E-state index in [1.165, 1.54) is 38.8 Å². The van der Waals surface area contributed by atoms with Crippen molar-refractivity contribution in [3.05, 3.63) is 115 Å². The van der Waals surface area contributed by atoms with E-state index < -0.39 is 34.6 Å². The quantitative estimate of drug-likeness (QED) is 0.0858. The Kier molecular flexibility index (Phi) is 22.4. The zero-order chi connectivity index (χ0) is 38.5. The van der Waals surface area contributed by atoms with E-state index in [4.69, 9.17) is 23.5 Å². The van der Waals surface area contributed by atoms with E-state index in [1.54, 1.807) is 37.1 Å². The van der Waals surface area contributed by atoms with Crippen LogP contribution in [0.4, 0.5) is 32.0 Å². The smallest absolute Gasteiger partial charge is 0.485 e. The molecule has 0 aliphatic heterocycles. The number of aryl methyl sites for hydroxylation is 1. The molecule has 5 rings (SSSR count). The monoisotopic (exact) mass is 832 g/mol. The van der Waals surface area contributed by atoms with Crippen molar-refractivity contribution < 1.29 is 69.7 Å². The Hall–Kier alpha value is -4.76. The van der Waals surface area contributed by atoms with Crippen molar-refractivity contribution >= 4 is 28.7 Å². The molecule has 0 atom stereocenters. The number of pyridine rings is 2. The number of aromatic nitrogens is 8. The average molecular weight is 830 g/mol. The van der Waals surface area contributed by atoms with Gasteiger partial charge in [0.05, 0.1) is 0 Å². The van der Waals surface area contributed by atoms with Crippen LogP contribution in [0.25, 0.3) is 0 Å². The van der Waals surface area contributed by atoms with Gasteiger partial charge in [0.1, 0.15) is 18.4 Å². The van der Waals surface area contributed by atoms with Gasteiger partial charge in [0.25, 0.3) is 5.69 Å². The standard InChI is InChI=1S/C9H10BN6.C7H7F3N.C7H10N2.C3H6O.CHF3O3S.Mo.NO/c1-4-11-14(7-1)10(15-8-2-5-12-15)16-9-3-6-13-16;1-11-5-3-2-4-6(11)7(8,9)10;1-9(2)7-3-5-8-6-4-7;1-3(2)4;2-1(3,4)8(5,6)7;;1-2/h1-10H;2-5H,1H3;3-6H,1-2H3;1-2H3;(H,5,6,7);;/q-1;+1;;;;;/p-1. The molecule has 0 bridgehead atoms. The Balaban J connectivity index is 0. The van der Waals surface area contributed by atoms with Gasteiger partial charge in [0.2, 0.25) is 0 Å². The molecule has 5 aromatic heterocycles. The Morgan fingerprint density at radius 1 is 0.804 bits per heavy atom. The maximum Gasteiger partial charge on any atom is 0.485 e. The Bertz CT molecular complexity index is 1650. The summed E-state index contributed by atoms with van der Waals surface area (Å²) in [6, 6.07) is 13.6. The number of ketones is 1. The SMILES string of the molecule is CC(C)=O.CN(C)c1ccncc1.C[n+]1ccccc1C(F)(F)F.O=S(=O)([O-])C(F)(F)F.[Mo].[N]=O.c1cnn([BH-](n2cccn2)n2cccn2)c1. The maximum atomic E-state index is 12.0. The minimum absolute atomic E-state index is 0. The maximum absolute atomic E-state index is 12.0. The van der Waals surface area contributed by atoms with E-state index in [-0.39, 0.29) is 26.8 Å². The molecule has 0 aliphatic rings. The molecule has 0 aromatic carbocycles. The molecule has 0 N–H and O–H groups in total. The van der Waals surface area contributed by atoms with Crippen LogP contribution in [0.5, 0.6) is 0 Å². The first-order valence-corrected chi connectivity index (χ1v) is 15.1. The fourth-order valence-corrected chi connectivity index (χ4v) is 3.31. The van der Waals surface area contributed by atoms with E-state index in [0.29, 0.717) is 0 Å². The molecule has 0 unspecified atom stereocenters. The van der Waals surface area contributed by atoms with E-state index in [1.807, 2.05) is 81.7 Å². The molecule has 0 saturated carbocycles. The molecule has 51 heavy (non-hydrogen) atoms. The molecule has 5 aromatic rings. The average Bonchev–Trinajstić information content (AvgIpc) is 3.84. The van der Waals surface area contributed by atoms with Crippen molar-refractivity contribution in [2.45, 2.75) is 25.5 Å². The van der Waals surface area contributed by atoms with Crippen molar-refractivity contribution in [1.82, 2.24) is 39.7 Å². The number of hydrogen-bond donors (Lipinski definition) is 0. The second-order valence-electron chi connectivity index (χ2n) is 9.66. The largest absolute Gasteiger partial charge is 0.741 e. The normalized spacial score (nSPS) is 10.4. The van der Waals surface area contributed by atoms with Gasteiger partial charge in [0.15, 0.2) is 16.3 Å². The first kappa shape index (κ1) is 48.4. The van der Waals surface area contributed by atoms with Crippen LogP contribution < -0.4 is 15.1 Å². The zero-order valence-electron chi connectivity index (χ0n) is 27.6. The predicted molar refractivity (Wildman–Crippen MR) is 169 cm³/mol. The van der Waals surface area contributed by atoms with Gasteiger partial charge in [-0.3, -0.25) is 4.98 Å². The fraction of sp³-hybridized carbons (Fsp3) is 0.259. The molecule has 0 aliphatic carbocycles. The summed E-state index contributed by atoms with van der Waals surface area (Å²) in [6.45, 7) is 3.06. The van der Waals surface area contributed by atoms with E-state index >= 15 is 0 Å². The van der Waals surface area contributed by atoms with Gasteiger partial charge in [-0.05, 0) is 68.8 Å². The first-order valence-electron chi connectivity index (χ1n) is 13.7. The van der Waals surface area contributed by atoms with E-state index in [2.05, 4.69) is 20.3 Å². The molecule has 0 spiro atoms. The number of anilines is 1. The molecule has 0 fully saturated rings. The number of hydrogen-bond acceptors (Lipinski definition) is 10. The summed E-state index contributed by atoms with van der Waals surface area (Å²) in [7, 11) is -1.83. The Morgan fingerprint density at radius 3 is 1.39 bits per heavy atom. The van der Waals surface area contributed by atoms with Crippen LogP contribution in [0, 0.1) is 4.91 Å².